The van der Waals surface area contributed by atoms with Crippen LogP contribution in [-0.2, 0) is 6.54 Å². The molecule has 2 aromatic carbocycles. The van der Waals surface area contributed by atoms with Gasteiger partial charge in [-0.25, -0.2) is 0 Å². The molecule has 0 aliphatic rings. The molecule has 0 atom stereocenters. The summed E-state index contributed by atoms with van der Waals surface area (Å²) in [5.74, 6) is 0. The number of rotatable bonds is 3. The Balaban J connectivity index is 2.13. The van der Waals surface area contributed by atoms with Gasteiger partial charge in [-0.05, 0) is 55.2 Å². The van der Waals surface area contributed by atoms with Gasteiger partial charge in [-0.1, -0.05) is 41.4 Å². The molecule has 0 amide bonds. The number of nitrogens with zero attached hydrogens (tertiary/aromatic N) is 1. The van der Waals surface area contributed by atoms with Gasteiger partial charge >= 0.3 is 0 Å². The molecule has 0 unspecified atom stereocenters. The fourth-order valence-corrected chi connectivity index (χ4v) is 2.35. The quantitative estimate of drug-likeness (QED) is 0.705. The molecule has 0 bridgehead atoms. The molecule has 0 radical (unpaired) electrons. The summed E-state index contributed by atoms with van der Waals surface area (Å²) >= 11 is 5.86. The van der Waals surface area contributed by atoms with E-state index in [0.29, 0.717) is 6.54 Å². The SMILES string of the molecule is Cc1cc(C)c(C=NCc2ccc(Cl)cc2)c(C)c1. The van der Waals surface area contributed by atoms with Crippen LogP contribution in [-0.4, -0.2) is 6.21 Å². The van der Waals surface area contributed by atoms with Crippen molar-refractivity contribution in [2.75, 3.05) is 0 Å². The van der Waals surface area contributed by atoms with E-state index in [1.807, 2.05) is 30.5 Å². The highest BCUT2D eigenvalue weighted by Crippen LogP contribution is 2.15. The first-order valence-corrected chi connectivity index (χ1v) is 6.76. The molecule has 0 aromatic heterocycles. The smallest absolute Gasteiger partial charge is 0.0640 e. The minimum absolute atomic E-state index is 0.684. The van der Waals surface area contributed by atoms with Crippen molar-refractivity contribution in [2.24, 2.45) is 4.99 Å². The van der Waals surface area contributed by atoms with Crippen molar-refractivity contribution in [1.82, 2.24) is 0 Å². The van der Waals surface area contributed by atoms with E-state index in [4.69, 9.17) is 11.6 Å². The molecule has 19 heavy (non-hydrogen) atoms. The number of halogens is 1. The Hall–Kier alpha value is -1.60. The maximum Gasteiger partial charge on any atom is 0.0640 e. The third-order valence-corrected chi connectivity index (χ3v) is 3.40. The summed E-state index contributed by atoms with van der Waals surface area (Å²) in [6, 6.07) is 12.2. The maximum absolute atomic E-state index is 5.86. The monoisotopic (exact) mass is 271 g/mol. The van der Waals surface area contributed by atoms with Crippen LogP contribution in [0.15, 0.2) is 41.4 Å². The van der Waals surface area contributed by atoms with Gasteiger partial charge in [-0.3, -0.25) is 4.99 Å². The van der Waals surface area contributed by atoms with Gasteiger partial charge in [0.25, 0.3) is 0 Å². The van der Waals surface area contributed by atoms with E-state index in [0.717, 1.165) is 5.02 Å². The number of aliphatic imine (C=N–C) groups is 1. The Morgan fingerprint density at radius 3 is 2.16 bits per heavy atom. The van der Waals surface area contributed by atoms with Crippen LogP contribution in [0.2, 0.25) is 5.02 Å². The van der Waals surface area contributed by atoms with Gasteiger partial charge in [-0.2, -0.15) is 0 Å². The summed E-state index contributed by atoms with van der Waals surface area (Å²) in [4.78, 5) is 4.52. The maximum atomic E-state index is 5.86. The first-order chi connectivity index (χ1) is 9.06. The predicted molar refractivity (Wildman–Crippen MR) is 83.4 cm³/mol. The molecule has 0 aliphatic heterocycles. The molecule has 2 heteroatoms. The van der Waals surface area contributed by atoms with Crippen molar-refractivity contribution in [3.63, 3.8) is 0 Å². The minimum Gasteiger partial charge on any atom is -0.288 e. The van der Waals surface area contributed by atoms with Crippen LogP contribution >= 0.6 is 11.6 Å². The molecule has 0 N–H and O–H groups in total. The lowest BCUT2D eigenvalue weighted by Crippen LogP contribution is -1.94. The Bertz CT molecular complexity index is 574. The fraction of sp³-hybridized carbons (Fsp3) is 0.235. The molecule has 0 spiro atoms. The van der Waals surface area contributed by atoms with E-state index in [1.54, 1.807) is 0 Å². The average Bonchev–Trinajstić information content (AvgIpc) is 2.34. The van der Waals surface area contributed by atoms with Gasteiger partial charge in [0.1, 0.15) is 0 Å². The fourth-order valence-electron chi connectivity index (χ4n) is 2.23. The Kier molecular flexibility index (Phi) is 4.39. The van der Waals surface area contributed by atoms with E-state index in [9.17, 15) is 0 Å². The van der Waals surface area contributed by atoms with Crippen LogP contribution in [0.5, 0.6) is 0 Å². The van der Waals surface area contributed by atoms with E-state index < -0.39 is 0 Å². The van der Waals surface area contributed by atoms with Crippen molar-refractivity contribution in [3.8, 4) is 0 Å². The van der Waals surface area contributed by atoms with Crippen LogP contribution in [0, 0.1) is 20.8 Å². The van der Waals surface area contributed by atoms with Crippen LogP contribution in [0.25, 0.3) is 0 Å². The van der Waals surface area contributed by atoms with Crippen LogP contribution in [0.4, 0.5) is 0 Å². The summed E-state index contributed by atoms with van der Waals surface area (Å²) in [6.07, 6.45) is 1.97. The van der Waals surface area contributed by atoms with Gasteiger partial charge < -0.3 is 0 Å². The molecule has 0 heterocycles. The van der Waals surface area contributed by atoms with Crippen LogP contribution < -0.4 is 0 Å². The number of hydrogen-bond donors (Lipinski definition) is 0. The third-order valence-electron chi connectivity index (χ3n) is 3.15. The van der Waals surface area contributed by atoms with Gasteiger partial charge in [0.15, 0.2) is 0 Å². The summed E-state index contributed by atoms with van der Waals surface area (Å²) in [5.41, 5.74) is 6.24. The largest absolute Gasteiger partial charge is 0.288 e. The topological polar surface area (TPSA) is 12.4 Å². The molecule has 1 nitrogen and oxygen atoms in total. The third kappa shape index (κ3) is 3.68. The van der Waals surface area contributed by atoms with E-state index in [-0.39, 0.29) is 0 Å². The van der Waals surface area contributed by atoms with Gasteiger partial charge in [0.2, 0.25) is 0 Å². The van der Waals surface area contributed by atoms with Crippen molar-refractivity contribution in [3.05, 3.63) is 69.2 Å². The molecule has 0 aliphatic carbocycles. The number of hydrogen-bond acceptors (Lipinski definition) is 1. The first-order valence-electron chi connectivity index (χ1n) is 6.38. The normalized spacial score (nSPS) is 11.2. The first kappa shape index (κ1) is 13.8. The summed E-state index contributed by atoms with van der Waals surface area (Å²) in [6.45, 7) is 7.06. The lowest BCUT2D eigenvalue weighted by molar-refractivity contribution is 1.07. The van der Waals surface area contributed by atoms with Crippen LogP contribution in [0.1, 0.15) is 27.8 Å². The highest BCUT2D eigenvalue weighted by molar-refractivity contribution is 6.30. The van der Waals surface area contributed by atoms with Crippen molar-refractivity contribution in [2.45, 2.75) is 27.3 Å². The zero-order valence-electron chi connectivity index (χ0n) is 11.6. The molecule has 98 valence electrons. The molecular weight excluding hydrogens is 254 g/mol. The highest BCUT2D eigenvalue weighted by atomic mass is 35.5. The Labute approximate surface area is 120 Å². The van der Waals surface area contributed by atoms with Gasteiger partial charge in [0.05, 0.1) is 6.54 Å². The highest BCUT2D eigenvalue weighted by Gasteiger charge is 2.00. The molecule has 0 saturated heterocycles. The second-order valence-electron chi connectivity index (χ2n) is 4.91. The zero-order chi connectivity index (χ0) is 13.8. The second kappa shape index (κ2) is 6.03. The van der Waals surface area contributed by atoms with E-state index in [1.165, 1.54) is 27.8 Å². The number of benzene rings is 2. The standard InChI is InChI=1S/C17H18ClN/c1-12-8-13(2)17(14(3)9-12)11-19-10-15-4-6-16(18)7-5-15/h4-9,11H,10H2,1-3H3. The number of aryl methyl sites for hydroxylation is 3. The summed E-state index contributed by atoms with van der Waals surface area (Å²) in [7, 11) is 0. The van der Waals surface area contributed by atoms with E-state index >= 15 is 0 Å². The zero-order valence-corrected chi connectivity index (χ0v) is 12.3. The van der Waals surface area contributed by atoms with Gasteiger partial charge in [0, 0.05) is 11.2 Å². The molecule has 2 rings (SSSR count). The predicted octanol–water partition coefficient (Wildman–Crippen LogP) is 4.88. The molecule has 2 aromatic rings. The lowest BCUT2D eigenvalue weighted by atomic mass is 10.0. The summed E-state index contributed by atoms with van der Waals surface area (Å²) < 4.78 is 0. The second-order valence-corrected chi connectivity index (χ2v) is 5.35. The molecule has 0 saturated carbocycles. The van der Waals surface area contributed by atoms with Crippen molar-refractivity contribution >= 4 is 17.8 Å². The Morgan fingerprint density at radius 1 is 1.00 bits per heavy atom. The molecule has 0 fully saturated rings. The minimum atomic E-state index is 0.684. The Morgan fingerprint density at radius 2 is 1.58 bits per heavy atom. The lowest BCUT2D eigenvalue weighted by Gasteiger charge is -2.06. The van der Waals surface area contributed by atoms with Gasteiger partial charge in [-0.15, -0.1) is 0 Å². The molecular formula is C17H18ClN. The van der Waals surface area contributed by atoms with Crippen LogP contribution in [0.3, 0.4) is 0 Å². The van der Waals surface area contributed by atoms with Crippen molar-refractivity contribution in [1.29, 1.82) is 0 Å². The summed E-state index contributed by atoms with van der Waals surface area (Å²) in [5, 5.41) is 0.762. The average molecular weight is 272 g/mol. The van der Waals surface area contributed by atoms with Crippen molar-refractivity contribution < 1.29 is 0 Å². The van der Waals surface area contributed by atoms with E-state index in [2.05, 4.69) is 37.9 Å².